The molecule has 4 atom stereocenters. The molecule has 2 aliphatic rings. The number of hydrogen-bond acceptors (Lipinski definition) is 2. The monoisotopic (exact) mass is 439 g/mol. The molecule has 2 N–H and O–H groups in total. The number of halogens is 6. The average Bonchev–Trinajstić information content (AvgIpc) is 3.15. The fourth-order valence-electron chi connectivity index (χ4n) is 4.67. The zero-order valence-electron chi connectivity index (χ0n) is 16.0. The quantitative estimate of drug-likeness (QED) is 0.511. The smallest absolute Gasteiger partial charge is 0.359 e. The van der Waals surface area contributed by atoms with Crippen LogP contribution >= 0.6 is 12.2 Å². The maximum absolute atomic E-state index is 13.0. The number of fused-ring (bicyclic) bond motifs is 2. The number of alkyl halides is 6. The molecule has 0 unspecified atom stereocenters. The Balaban J connectivity index is 1.76. The summed E-state index contributed by atoms with van der Waals surface area (Å²) in [6.45, 7) is 0.850. The lowest BCUT2D eigenvalue weighted by atomic mass is 9.84. The van der Waals surface area contributed by atoms with E-state index in [0.717, 1.165) is 25.8 Å². The molecule has 0 aromatic heterocycles. The van der Waals surface area contributed by atoms with Crippen molar-refractivity contribution >= 4 is 23.0 Å². The molecule has 0 heterocycles. The highest BCUT2D eigenvalue weighted by atomic mass is 32.1. The third kappa shape index (κ3) is 5.14. The van der Waals surface area contributed by atoms with Gasteiger partial charge >= 0.3 is 12.4 Å². The van der Waals surface area contributed by atoms with E-state index in [2.05, 4.69) is 15.5 Å². The lowest BCUT2D eigenvalue weighted by Crippen LogP contribution is -2.48. The van der Waals surface area contributed by atoms with Crippen molar-refractivity contribution in [3.05, 3.63) is 29.3 Å². The van der Waals surface area contributed by atoms with Gasteiger partial charge in [-0.2, -0.15) is 26.3 Å². The second kappa shape index (κ2) is 7.94. The Labute approximate surface area is 170 Å². The molecule has 0 spiro atoms. The van der Waals surface area contributed by atoms with Gasteiger partial charge in [0.05, 0.1) is 11.1 Å². The van der Waals surface area contributed by atoms with Gasteiger partial charge in [-0.15, -0.1) is 0 Å². The first-order valence-corrected chi connectivity index (χ1v) is 9.77. The van der Waals surface area contributed by atoms with Gasteiger partial charge in [-0.05, 0) is 81.5 Å². The van der Waals surface area contributed by atoms with Gasteiger partial charge in [0.1, 0.15) is 0 Å². The van der Waals surface area contributed by atoms with Crippen LogP contribution in [0.2, 0.25) is 0 Å². The Kier molecular flexibility index (Phi) is 6.06. The first kappa shape index (κ1) is 22.1. The molecule has 2 aliphatic carbocycles. The Morgan fingerprint density at radius 1 is 1.00 bits per heavy atom. The van der Waals surface area contributed by atoms with Crippen LogP contribution in [0.4, 0.5) is 32.0 Å². The summed E-state index contributed by atoms with van der Waals surface area (Å²) < 4.78 is 78.2. The molecule has 0 saturated heterocycles. The van der Waals surface area contributed by atoms with Crippen molar-refractivity contribution in [1.82, 2.24) is 10.2 Å². The first-order valence-electron chi connectivity index (χ1n) is 9.36. The van der Waals surface area contributed by atoms with Crippen LogP contribution < -0.4 is 10.6 Å². The highest BCUT2D eigenvalue weighted by molar-refractivity contribution is 7.80. The van der Waals surface area contributed by atoms with Crippen molar-refractivity contribution in [2.24, 2.45) is 17.8 Å². The van der Waals surface area contributed by atoms with E-state index >= 15 is 0 Å². The van der Waals surface area contributed by atoms with Gasteiger partial charge in [-0.3, -0.25) is 0 Å². The summed E-state index contributed by atoms with van der Waals surface area (Å²) in [5.41, 5.74) is -3.08. The number of thiocarbonyl (C=S) groups is 1. The molecule has 3 nitrogen and oxygen atoms in total. The van der Waals surface area contributed by atoms with E-state index in [1.54, 1.807) is 0 Å². The van der Waals surface area contributed by atoms with E-state index in [-0.39, 0.29) is 22.9 Å². The van der Waals surface area contributed by atoms with Crippen LogP contribution in [-0.4, -0.2) is 36.7 Å². The highest BCUT2D eigenvalue weighted by Crippen LogP contribution is 2.48. The predicted octanol–water partition coefficient (Wildman–Crippen LogP) is 4.99. The molecule has 2 fully saturated rings. The molecule has 2 saturated carbocycles. The van der Waals surface area contributed by atoms with Gasteiger partial charge in [0.2, 0.25) is 0 Å². The SMILES string of the molecule is CN(C)C[C@H]1[C@H]2CC[C@H](C2)[C@H]1NC(=S)Nc1cc(C(F)(F)F)cc(C(F)(F)F)c1. The third-order valence-electron chi connectivity index (χ3n) is 5.81. The van der Waals surface area contributed by atoms with E-state index in [4.69, 9.17) is 12.2 Å². The summed E-state index contributed by atoms with van der Waals surface area (Å²) in [6.07, 6.45) is -6.52. The largest absolute Gasteiger partial charge is 0.416 e. The van der Waals surface area contributed by atoms with Crippen LogP contribution in [0.15, 0.2) is 18.2 Å². The summed E-state index contributed by atoms with van der Waals surface area (Å²) >= 11 is 5.23. The van der Waals surface area contributed by atoms with Gasteiger partial charge in [0.15, 0.2) is 5.11 Å². The highest BCUT2D eigenvalue weighted by Gasteiger charge is 2.47. The van der Waals surface area contributed by atoms with Gasteiger partial charge in [-0.1, -0.05) is 0 Å². The van der Waals surface area contributed by atoms with Gasteiger partial charge in [0, 0.05) is 18.3 Å². The van der Waals surface area contributed by atoms with Gasteiger partial charge in [-0.25, -0.2) is 0 Å². The maximum atomic E-state index is 13.0. The normalized spacial score (nSPS) is 26.8. The summed E-state index contributed by atoms with van der Waals surface area (Å²) in [5.74, 6) is 1.32. The van der Waals surface area contributed by atoms with Crippen LogP contribution in [0.3, 0.4) is 0 Å². The molecule has 162 valence electrons. The number of nitrogens with one attached hydrogen (secondary N) is 2. The zero-order chi connectivity index (χ0) is 21.6. The van der Waals surface area contributed by atoms with Gasteiger partial charge < -0.3 is 15.5 Å². The molecule has 3 rings (SSSR count). The first-order chi connectivity index (χ1) is 13.3. The fourth-order valence-corrected chi connectivity index (χ4v) is 4.92. The minimum absolute atomic E-state index is 0.0405. The minimum atomic E-state index is -4.89. The average molecular weight is 439 g/mol. The third-order valence-corrected chi connectivity index (χ3v) is 6.03. The van der Waals surface area contributed by atoms with Crippen molar-refractivity contribution in [3.63, 3.8) is 0 Å². The standard InChI is InChI=1S/C19H23F6N3S/c1-28(2)9-15-10-3-4-11(5-10)16(15)27-17(29)26-14-7-12(18(20,21)22)6-13(8-14)19(23,24)25/h6-8,10-11,15-16H,3-5,9H2,1-2H3,(H2,26,27,29)/t10-,11+,15-,16+/m0/s1. The van der Waals surface area contributed by atoms with Crippen molar-refractivity contribution in [1.29, 1.82) is 0 Å². The molecule has 0 amide bonds. The van der Waals surface area contributed by atoms with Crippen LogP contribution in [0.1, 0.15) is 30.4 Å². The number of nitrogens with zero attached hydrogens (tertiary/aromatic N) is 1. The summed E-state index contributed by atoms with van der Waals surface area (Å²) in [7, 11) is 3.95. The van der Waals surface area contributed by atoms with E-state index in [1.807, 2.05) is 14.1 Å². The van der Waals surface area contributed by atoms with Crippen LogP contribution in [0.25, 0.3) is 0 Å². The van der Waals surface area contributed by atoms with Crippen molar-refractivity contribution in [2.75, 3.05) is 26.0 Å². The number of benzene rings is 1. The molecule has 1 aromatic rings. The van der Waals surface area contributed by atoms with E-state index in [9.17, 15) is 26.3 Å². The van der Waals surface area contributed by atoms with Crippen molar-refractivity contribution < 1.29 is 26.3 Å². The Bertz CT molecular complexity index is 729. The van der Waals surface area contributed by atoms with E-state index < -0.39 is 23.5 Å². The Morgan fingerprint density at radius 3 is 2.07 bits per heavy atom. The topological polar surface area (TPSA) is 27.3 Å². The molecular weight excluding hydrogens is 416 g/mol. The fraction of sp³-hybridized carbons (Fsp3) is 0.632. The molecule has 1 aromatic carbocycles. The molecule has 0 radical (unpaired) electrons. The molecular formula is C19H23F6N3S. The molecule has 2 bridgehead atoms. The van der Waals surface area contributed by atoms with Gasteiger partial charge in [0.25, 0.3) is 0 Å². The second-order valence-electron chi connectivity index (χ2n) is 8.18. The van der Waals surface area contributed by atoms with Crippen molar-refractivity contribution in [3.8, 4) is 0 Å². The Morgan fingerprint density at radius 2 is 1.55 bits per heavy atom. The van der Waals surface area contributed by atoms with Crippen LogP contribution in [0.5, 0.6) is 0 Å². The zero-order valence-corrected chi connectivity index (χ0v) is 16.8. The summed E-state index contributed by atoms with van der Waals surface area (Å²) in [4.78, 5) is 2.08. The lowest BCUT2D eigenvalue weighted by Gasteiger charge is -2.34. The number of hydrogen-bond donors (Lipinski definition) is 2. The summed E-state index contributed by atoms with van der Waals surface area (Å²) in [6, 6.07) is 1.44. The number of rotatable bonds is 4. The maximum Gasteiger partial charge on any atom is 0.416 e. The molecule has 0 aliphatic heterocycles. The second-order valence-corrected chi connectivity index (χ2v) is 8.59. The predicted molar refractivity (Wildman–Crippen MR) is 102 cm³/mol. The van der Waals surface area contributed by atoms with E-state index in [1.165, 1.54) is 0 Å². The van der Waals surface area contributed by atoms with Crippen molar-refractivity contribution in [2.45, 2.75) is 37.7 Å². The van der Waals surface area contributed by atoms with E-state index in [0.29, 0.717) is 29.9 Å². The summed E-state index contributed by atoms with van der Waals surface area (Å²) in [5, 5.41) is 5.74. The minimum Gasteiger partial charge on any atom is -0.359 e. The molecule has 10 heteroatoms. The van der Waals surface area contributed by atoms with Crippen LogP contribution in [0, 0.1) is 17.8 Å². The lowest BCUT2D eigenvalue weighted by molar-refractivity contribution is -0.143. The number of anilines is 1. The van der Waals surface area contributed by atoms with Crippen LogP contribution in [-0.2, 0) is 12.4 Å². The molecule has 29 heavy (non-hydrogen) atoms. The Hall–Kier alpha value is -1.55.